The molecule has 10 atom stereocenters. The Kier molecular flexibility index (Phi) is 11.2. The highest BCUT2D eigenvalue weighted by molar-refractivity contribution is 6.39. The summed E-state index contributed by atoms with van der Waals surface area (Å²) in [6.45, 7) is 13.7. The molecule has 3 aliphatic rings. The molecule has 2 saturated heterocycles. The fraction of sp³-hybridized carbons (Fsp3) is 0.903. The summed E-state index contributed by atoms with van der Waals surface area (Å²) in [6.07, 6.45) is 2.90. The third-order valence-corrected chi connectivity index (χ3v) is 9.74. The average molecular weight is 568 g/mol. The molecule has 0 radical (unpaired) electrons. The van der Waals surface area contributed by atoms with Gasteiger partial charge in [0.25, 0.3) is 11.7 Å². The van der Waals surface area contributed by atoms with Gasteiger partial charge >= 0.3 is 5.97 Å². The van der Waals surface area contributed by atoms with E-state index in [1.807, 2.05) is 41.5 Å². The van der Waals surface area contributed by atoms with Crippen LogP contribution in [0.4, 0.5) is 0 Å². The van der Waals surface area contributed by atoms with Crippen LogP contribution in [0.1, 0.15) is 99.8 Å². The number of aliphatic hydroxyl groups is 3. The Morgan fingerprint density at radius 1 is 0.950 bits per heavy atom. The Bertz CT molecular complexity index is 893. The first-order valence-electron chi connectivity index (χ1n) is 15.5. The van der Waals surface area contributed by atoms with Crippen molar-refractivity contribution in [3.63, 3.8) is 0 Å². The molecule has 40 heavy (non-hydrogen) atoms. The zero-order valence-corrected chi connectivity index (χ0v) is 25.5. The van der Waals surface area contributed by atoms with Gasteiger partial charge in [-0.05, 0) is 81.0 Å². The van der Waals surface area contributed by atoms with Crippen molar-refractivity contribution in [1.29, 1.82) is 0 Å². The molecule has 1 saturated carbocycles. The van der Waals surface area contributed by atoms with Crippen LogP contribution in [-0.2, 0) is 23.9 Å². The number of rotatable bonds is 9. The molecule has 3 fully saturated rings. The Labute approximate surface area is 240 Å². The first-order chi connectivity index (χ1) is 18.7. The number of aliphatic hydroxyl groups excluding tert-OH is 2. The topological polar surface area (TPSA) is 134 Å². The first-order valence-corrected chi connectivity index (χ1v) is 15.5. The first kappa shape index (κ1) is 33.0. The minimum Gasteiger partial charge on any atom is -0.460 e. The van der Waals surface area contributed by atoms with Crippen molar-refractivity contribution >= 4 is 17.7 Å². The van der Waals surface area contributed by atoms with Gasteiger partial charge < -0.3 is 29.7 Å². The largest absolute Gasteiger partial charge is 0.460 e. The number of carbonyl (C=O) groups excluding carboxylic acids is 3. The number of amides is 1. The molecule has 0 bridgehead atoms. The monoisotopic (exact) mass is 567 g/mol. The third kappa shape index (κ3) is 7.08. The van der Waals surface area contributed by atoms with Gasteiger partial charge in [0.2, 0.25) is 5.79 Å². The summed E-state index contributed by atoms with van der Waals surface area (Å²) in [4.78, 5) is 41.8. The van der Waals surface area contributed by atoms with Crippen LogP contribution in [0.25, 0.3) is 0 Å². The number of ketones is 1. The van der Waals surface area contributed by atoms with E-state index in [4.69, 9.17) is 9.47 Å². The number of Topliss-reactive ketones (excluding diaryl/α,β-unsaturated/α-hetero) is 1. The molecule has 0 aromatic heterocycles. The van der Waals surface area contributed by atoms with E-state index < -0.39 is 53.7 Å². The number of carbonyl (C=O) groups is 3. The van der Waals surface area contributed by atoms with Crippen molar-refractivity contribution in [2.45, 2.75) is 136 Å². The van der Waals surface area contributed by atoms with Crippen LogP contribution in [0.3, 0.4) is 0 Å². The third-order valence-electron chi connectivity index (χ3n) is 9.74. The quantitative estimate of drug-likeness (QED) is 0.285. The van der Waals surface area contributed by atoms with Crippen LogP contribution >= 0.6 is 0 Å². The smallest absolute Gasteiger partial charge is 0.329 e. The lowest BCUT2D eigenvalue weighted by atomic mass is 9.73. The number of hydrogen-bond donors (Lipinski definition) is 3. The highest BCUT2D eigenvalue weighted by atomic mass is 16.6. The lowest BCUT2D eigenvalue weighted by Crippen LogP contribution is -2.61. The van der Waals surface area contributed by atoms with Crippen molar-refractivity contribution in [1.82, 2.24) is 4.90 Å². The SMILES string of the molecule is CC(C)C1CCC(C)C(O)(C(=O)C(=O)N2CCCCC2C(=O)OC(C(C)C)C(C)CC2CCC(C)C(O)C2O)O1. The second kappa shape index (κ2) is 13.6. The van der Waals surface area contributed by atoms with Crippen molar-refractivity contribution in [2.75, 3.05) is 6.54 Å². The molecule has 2 aliphatic heterocycles. The van der Waals surface area contributed by atoms with Crippen LogP contribution in [0, 0.1) is 35.5 Å². The molecule has 10 unspecified atom stereocenters. The highest BCUT2D eigenvalue weighted by Gasteiger charge is 2.53. The molecular weight excluding hydrogens is 514 g/mol. The fourth-order valence-corrected chi connectivity index (χ4v) is 6.89. The zero-order valence-electron chi connectivity index (χ0n) is 25.5. The molecule has 9 heteroatoms. The molecule has 3 rings (SSSR count). The molecule has 0 aromatic rings. The molecule has 1 amide bonds. The van der Waals surface area contributed by atoms with Crippen molar-refractivity contribution in [3.05, 3.63) is 0 Å². The minimum atomic E-state index is -2.21. The summed E-state index contributed by atoms with van der Waals surface area (Å²) in [7, 11) is 0. The van der Waals surface area contributed by atoms with Crippen molar-refractivity contribution < 1.29 is 39.2 Å². The molecule has 9 nitrogen and oxygen atoms in total. The van der Waals surface area contributed by atoms with E-state index in [1.165, 1.54) is 4.90 Å². The van der Waals surface area contributed by atoms with Gasteiger partial charge in [-0.1, -0.05) is 48.5 Å². The predicted molar refractivity (Wildman–Crippen MR) is 150 cm³/mol. The number of likely N-dealkylation sites (tertiary alicyclic amines) is 1. The van der Waals surface area contributed by atoms with Crippen molar-refractivity contribution in [2.24, 2.45) is 35.5 Å². The van der Waals surface area contributed by atoms with Gasteiger partial charge in [-0.3, -0.25) is 9.59 Å². The molecule has 230 valence electrons. The average Bonchev–Trinajstić information content (AvgIpc) is 2.92. The summed E-state index contributed by atoms with van der Waals surface area (Å²) in [5.74, 6) is -5.27. The Morgan fingerprint density at radius 2 is 1.62 bits per heavy atom. The second-order valence-corrected chi connectivity index (χ2v) is 13.6. The van der Waals surface area contributed by atoms with E-state index in [9.17, 15) is 29.7 Å². The fourth-order valence-electron chi connectivity index (χ4n) is 6.89. The van der Waals surface area contributed by atoms with E-state index in [0.717, 1.165) is 19.3 Å². The predicted octanol–water partition coefficient (Wildman–Crippen LogP) is 3.46. The molecule has 3 N–H and O–H groups in total. The summed E-state index contributed by atoms with van der Waals surface area (Å²) in [5.41, 5.74) is 0. The van der Waals surface area contributed by atoms with Gasteiger partial charge in [0, 0.05) is 12.5 Å². The minimum absolute atomic E-state index is 0.0110. The number of esters is 1. The standard InChI is InChI=1S/C31H53NO8/c1-17(2)24-14-12-21(7)31(38,40-24)28(35)29(36)32-15-9-8-10-23(32)30(37)39-27(18(3)4)20(6)16-22-13-11-19(5)25(33)26(22)34/h17-27,33-34,38H,8-16H2,1-7H3. The summed E-state index contributed by atoms with van der Waals surface area (Å²) < 4.78 is 11.9. The maximum Gasteiger partial charge on any atom is 0.329 e. The van der Waals surface area contributed by atoms with E-state index in [-0.39, 0.29) is 42.2 Å². The molecule has 2 heterocycles. The maximum atomic E-state index is 13.6. The van der Waals surface area contributed by atoms with Crippen molar-refractivity contribution in [3.8, 4) is 0 Å². The summed E-state index contributed by atoms with van der Waals surface area (Å²) in [5, 5.41) is 32.3. The van der Waals surface area contributed by atoms with Crippen LogP contribution in [0.5, 0.6) is 0 Å². The second-order valence-electron chi connectivity index (χ2n) is 13.6. The van der Waals surface area contributed by atoms with Gasteiger partial charge in [-0.25, -0.2) is 4.79 Å². The van der Waals surface area contributed by atoms with Crippen LogP contribution < -0.4 is 0 Å². The van der Waals surface area contributed by atoms with Crippen LogP contribution in [-0.4, -0.2) is 80.7 Å². The molecular formula is C31H53NO8. The Hall–Kier alpha value is -1.55. The van der Waals surface area contributed by atoms with Crippen LogP contribution in [0.15, 0.2) is 0 Å². The number of ether oxygens (including phenoxy) is 2. The molecule has 0 spiro atoms. The lowest BCUT2D eigenvalue weighted by Gasteiger charge is -2.43. The molecule has 0 aromatic carbocycles. The zero-order chi connectivity index (χ0) is 29.9. The normalized spacial score (nSPS) is 36.8. The molecule has 1 aliphatic carbocycles. The van der Waals surface area contributed by atoms with Gasteiger partial charge in [-0.15, -0.1) is 0 Å². The van der Waals surface area contributed by atoms with E-state index in [2.05, 4.69) is 0 Å². The van der Waals surface area contributed by atoms with E-state index in [0.29, 0.717) is 32.1 Å². The van der Waals surface area contributed by atoms with Gasteiger partial charge in [0.05, 0.1) is 18.3 Å². The number of hydrogen-bond acceptors (Lipinski definition) is 8. The van der Waals surface area contributed by atoms with E-state index in [1.54, 1.807) is 6.92 Å². The summed E-state index contributed by atoms with van der Waals surface area (Å²) in [6, 6.07) is -0.912. The Morgan fingerprint density at radius 3 is 2.25 bits per heavy atom. The summed E-state index contributed by atoms with van der Waals surface area (Å²) >= 11 is 0. The van der Waals surface area contributed by atoms with E-state index >= 15 is 0 Å². The highest BCUT2D eigenvalue weighted by Crippen LogP contribution is 2.37. The number of nitrogens with zero attached hydrogens (tertiary/aromatic N) is 1. The van der Waals surface area contributed by atoms with Crippen LogP contribution in [0.2, 0.25) is 0 Å². The van der Waals surface area contributed by atoms with Gasteiger partial charge in [0.15, 0.2) is 0 Å². The lowest BCUT2D eigenvalue weighted by molar-refractivity contribution is -0.269. The van der Waals surface area contributed by atoms with Gasteiger partial charge in [0.1, 0.15) is 12.1 Å². The number of piperidine rings is 1. The maximum absolute atomic E-state index is 13.6. The van der Waals surface area contributed by atoms with Gasteiger partial charge in [-0.2, -0.15) is 0 Å². The Balaban J connectivity index is 1.71.